The Bertz CT molecular complexity index is 311. The SMILES string of the molecule is [CH]=CCCCc1ccc(CC(C)(C)C)cc1. The quantitative estimate of drug-likeness (QED) is 0.630. The molecule has 0 aliphatic heterocycles. The van der Waals surface area contributed by atoms with Gasteiger partial charge in [-0.3, -0.25) is 0 Å². The van der Waals surface area contributed by atoms with E-state index in [1.54, 1.807) is 6.08 Å². The zero-order chi connectivity index (χ0) is 12.0. The number of aryl methyl sites for hydroxylation is 1. The number of rotatable bonds is 5. The molecule has 0 aliphatic rings. The van der Waals surface area contributed by atoms with Crippen LogP contribution in [-0.2, 0) is 12.8 Å². The fourth-order valence-electron chi connectivity index (χ4n) is 1.86. The molecular weight excluding hydrogens is 192 g/mol. The lowest BCUT2D eigenvalue weighted by molar-refractivity contribution is 0.411. The Balaban J connectivity index is 2.51. The molecule has 0 fully saturated rings. The maximum absolute atomic E-state index is 5.36. The molecule has 87 valence electrons. The van der Waals surface area contributed by atoms with Gasteiger partial charge in [0.05, 0.1) is 0 Å². The summed E-state index contributed by atoms with van der Waals surface area (Å²) >= 11 is 0. The van der Waals surface area contributed by atoms with Crippen LogP contribution >= 0.6 is 0 Å². The molecule has 0 nitrogen and oxygen atoms in total. The van der Waals surface area contributed by atoms with Gasteiger partial charge in [-0.15, -0.1) is 0 Å². The van der Waals surface area contributed by atoms with Crippen molar-refractivity contribution in [2.45, 2.75) is 46.5 Å². The maximum Gasteiger partial charge on any atom is -0.0230 e. The lowest BCUT2D eigenvalue weighted by Gasteiger charge is -2.18. The van der Waals surface area contributed by atoms with Crippen LogP contribution in [0.1, 0.15) is 44.7 Å². The van der Waals surface area contributed by atoms with Crippen LogP contribution in [0.5, 0.6) is 0 Å². The second kappa shape index (κ2) is 5.89. The first-order valence-electron chi connectivity index (χ1n) is 6.12. The first kappa shape index (κ1) is 13.0. The summed E-state index contributed by atoms with van der Waals surface area (Å²) in [5.41, 5.74) is 3.22. The highest BCUT2D eigenvalue weighted by Crippen LogP contribution is 2.20. The summed E-state index contributed by atoms with van der Waals surface area (Å²) in [6.45, 7) is 12.2. The van der Waals surface area contributed by atoms with Crippen molar-refractivity contribution in [2.75, 3.05) is 0 Å². The molecule has 0 saturated heterocycles. The molecule has 0 heteroatoms. The zero-order valence-electron chi connectivity index (χ0n) is 10.8. The zero-order valence-corrected chi connectivity index (χ0v) is 10.8. The van der Waals surface area contributed by atoms with Crippen molar-refractivity contribution in [3.05, 3.63) is 48.0 Å². The average Bonchev–Trinajstić information content (AvgIpc) is 2.19. The van der Waals surface area contributed by atoms with Crippen LogP contribution in [0.3, 0.4) is 0 Å². The molecule has 0 N–H and O–H groups in total. The Labute approximate surface area is 100 Å². The predicted molar refractivity (Wildman–Crippen MR) is 71.4 cm³/mol. The van der Waals surface area contributed by atoms with Crippen molar-refractivity contribution in [3.63, 3.8) is 0 Å². The van der Waals surface area contributed by atoms with Crippen LogP contribution in [-0.4, -0.2) is 0 Å². The van der Waals surface area contributed by atoms with Gasteiger partial charge in [0.1, 0.15) is 0 Å². The summed E-state index contributed by atoms with van der Waals surface area (Å²) in [4.78, 5) is 0. The van der Waals surface area contributed by atoms with E-state index in [9.17, 15) is 0 Å². The second-order valence-corrected chi connectivity index (χ2v) is 5.68. The Morgan fingerprint density at radius 3 is 2.12 bits per heavy atom. The predicted octanol–water partition coefficient (Wildman–Crippen LogP) is 4.59. The first-order chi connectivity index (χ1) is 7.51. The van der Waals surface area contributed by atoms with Crippen LogP contribution in [0.2, 0.25) is 0 Å². The van der Waals surface area contributed by atoms with E-state index in [0.717, 1.165) is 25.7 Å². The summed E-state index contributed by atoms with van der Waals surface area (Å²) in [6.07, 6.45) is 6.17. The largest absolute Gasteiger partial charge is 0.0845 e. The number of hydrogen-bond donors (Lipinski definition) is 0. The van der Waals surface area contributed by atoms with Gasteiger partial charge in [-0.25, -0.2) is 0 Å². The Kier molecular flexibility index (Phi) is 4.79. The molecule has 0 heterocycles. The van der Waals surface area contributed by atoms with Crippen molar-refractivity contribution in [3.8, 4) is 0 Å². The van der Waals surface area contributed by atoms with E-state index in [4.69, 9.17) is 6.58 Å². The van der Waals surface area contributed by atoms with Crippen molar-refractivity contribution in [1.29, 1.82) is 0 Å². The molecule has 0 aliphatic carbocycles. The minimum absolute atomic E-state index is 0.371. The van der Waals surface area contributed by atoms with Gasteiger partial charge in [-0.2, -0.15) is 0 Å². The van der Waals surface area contributed by atoms with E-state index in [1.165, 1.54) is 11.1 Å². The minimum atomic E-state index is 0.371. The van der Waals surface area contributed by atoms with Crippen molar-refractivity contribution < 1.29 is 0 Å². The van der Waals surface area contributed by atoms with Crippen molar-refractivity contribution >= 4 is 0 Å². The fraction of sp³-hybridized carbons (Fsp3) is 0.500. The average molecular weight is 215 g/mol. The molecule has 0 unspecified atom stereocenters. The molecule has 1 rings (SSSR count). The van der Waals surface area contributed by atoms with E-state index in [0.29, 0.717) is 5.41 Å². The van der Waals surface area contributed by atoms with E-state index in [-0.39, 0.29) is 0 Å². The normalized spacial score (nSPS) is 11.4. The van der Waals surface area contributed by atoms with E-state index >= 15 is 0 Å². The number of allylic oxidation sites excluding steroid dienone is 1. The van der Waals surface area contributed by atoms with Crippen LogP contribution in [0.4, 0.5) is 0 Å². The van der Waals surface area contributed by atoms with Gasteiger partial charge in [0.15, 0.2) is 0 Å². The molecule has 0 amide bonds. The number of benzene rings is 1. The van der Waals surface area contributed by atoms with E-state index < -0.39 is 0 Å². The Hall–Kier alpha value is -1.04. The Morgan fingerprint density at radius 2 is 1.62 bits per heavy atom. The van der Waals surface area contributed by atoms with Gasteiger partial charge >= 0.3 is 0 Å². The maximum atomic E-state index is 5.36. The highest BCUT2D eigenvalue weighted by atomic mass is 14.2. The molecule has 0 saturated carbocycles. The highest BCUT2D eigenvalue weighted by molar-refractivity contribution is 5.23. The Morgan fingerprint density at radius 1 is 1.06 bits per heavy atom. The summed E-state index contributed by atoms with van der Waals surface area (Å²) < 4.78 is 0. The minimum Gasteiger partial charge on any atom is -0.0845 e. The van der Waals surface area contributed by atoms with Crippen LogP contribution in [0.15, 0.2) is 30.3 Å². The summed E-state index contributed by atoms with van der Waals surface area (Å²) in [5.74, 6) is 0. The van der Waals surface area contributed by atoms with Gasteiger partial charge in [0.25, 0.3) is 0 Å². The van der Waals surface area contributed by atoms with Gasteiger partial charge in [-0.1, -0.05) is 57.7 Å². The van der Waals surface area contributed by atoms with Gasteiger partial charge < -0.3 is 0 Å². The molecule has 16 heavy (non-hydrogen) atoms. The lowest BCUT2D eigenvalue weighted by Crippen LogP contribution is -2.08. The smallest absolute Gasteiger partial charge is 0.0230 e. The van der Waals surface area contributed by atoms with Crippen molar-refractivity contribution in [1.82, 2.24) is 0 Å². The first-order valence-corrected chi connectivity index (χ1v) is 6.12. The van der Waals surface area contributed by atoms with Gasteiger partial charge in [0.2, 0.25) is 0 Å². The fourth-order valence-corrected chi connectivity index (χ4v) is 1.86. The topological polar surface area (TPSA) is 0 Å². The molecule has 0 atom stereocenters. The third-order valence-electron chi connectivity index (χ3n) is 2.59. The van der Waals surface area contributed by atoms with Crippen LogP contribution in [0, 0.1) is 12.0 Å². The summed E-state index contributed by atoms with van der Waals surface area (Å²) in [5, 5.41) is 0. The standard InChI is InChI=1S/C16H23/c1-5-6-7-8-14-9-11-15(12-10-14)13-16(2,3)4/h1,5,9-12H,6-8,13H2,2-4H3. The summed E-state index contributed by atoms with van der Waals surface area (Å²) in [7, 11) is 0. The van der Waals surface area contributed by atoms with Gasteiger partial charge in [-0.05, 0) is 42.2 Å². The second-order valence-electron chi connectivity index (χ2n) is 5.68. The molecule has 0 spiro atoms. The van der Waals surface area contributed by atoms with Gasteiger partial charge in [0, 0.05) is 0 Å². The van der Waals surface area contributed by atoms with Crippen LogP contribution in [0.25, 0.3) is 0 Å². The lowest BCUT2D eigenvalue weighted by atomic mass is 9.88. The molecule has 1 aromatic carbocycles. The number of unbranched alkanes of at least 4 members (excludes halogenated alkanes) is 1. The van der Waals surface area contributed by atoms with E-state index in [2.05, 4.69) is 45.0 Å². The third-order valence-corrected chi connectivity index (χ3v) is 2.59. The van der Waals surface area contributed by atoms with Crippen molar-refractivity contribution in [2.24, 2.45) is 5.41 Å². The van der Waals surface area contributed by atoms with Crippen LogP contribution < -0.4 is 0 Å². The third kappa shape index (κ3) is 5.16. The molecule has 1 radical (unpaired) electrons. The summed E-state index contributed by atoms with van der Waals surface area (Å²) in [6, 6.07) is 9.01. The molecule has 1 aromatic rings. The van der Waals surface area contributed by atoms with E-state index in [1.807, 2.05) is 0 Å². The molecule has 0 aromatic heterocycles. The highest BCUT2D eigenvalue weighted by Gasteiger charge is 2.10. The molecular formula is C16H23. The molecule has 0 bridgehead atoms. The monoisotopic (exact) mass is 215 g/mol. The number of hydrogen-bond acceptors (Lipinski definition) is 0.